The third-order valence-corrected chi connectivity index (χ3v) is 5.18. The van der Waals surface area contributed by atoms with Crippen LogP contribution >= 0.6 is 0 Å². The van der Waals surface area contributed by atoms with E-state index in [1.807, 2.05) is 24.3 Å². The lowest BCUT2D eigenvalue weighted by molar-refractivity contribution is -0.122. The number of rotatable bonds is 5. The van der Waals surface area contributed by atoms with E-state index in [2.05, 4.69) is 33.5 Å². The van der Waals surface area contributed by atoms with Gasteiger partial charge in [0.25, 0.3) is 5.56 Å². The Balaban J connectivity index is 1.35. The number of amides is 1. The summed E-state index contributed by atoms with van der Waals surface area (Å²) in [5, 5.41) is 3.76. The zero-order valence-corrected chi connectivity index (χ0v) is 15.2. The van der Waals surface area contributed by atoms with Crippen molar-refractivity contribution in [3.05, 3.63) is 75.8 Å². The third-order valence-electron chi connectivity index (χ3n) is 5.18. The molecule has 0 spiro atoms. The molecule has 138 valence electrons. The van der Waals surface area contributed by atoms with Gasteiger partial charge < -0.3 is 10.3 Å². The van der Waals surface area contributed by atoms with Crippen LogP contribution < -0.4 is 10.9 Å². The molecule has 5 heteroatoms. The smallest absolute Gasteiger partial charge is 0.258 e. The number of aryl methyl sites for hydroxylation is 2. The monoisotopic (exact) mass is 361 g/mol. The minimum atomic E-state index is -0.126. The Morgan fingerprint density at radius 1 is 1.15 bits per heavy atom. The minimum absolute atomic E-state index is 0.0554. The molecular formula is C22H23N3O2. The Labute approximate surface area is 157 Å². The summed E-state index contributed by atoms with van der Waals surface area (Å²) in [6.45, 7) is 0. The van der Waals surface area contributed by atoms with Gasteiger partial charge in [-0.15, -0.1) is 0 Å². The average Bonchev–Trinajstić information content (AvgIpc) is 2.68. The molecule has 1 atom stereocenters. The van der Waals surface area contributed by atoms with Gasteiger partial charge in [0.1, 0.15) is 5.82 Å². The van der Waals surface area contributed by atoms with Crippen molar-refractivity contribution < 1.29 is 4.79 Å². The lowest BCUT2D eigenvalue weighted by atomic mass is 9.87. The van der Waals surface area contributed by atoms with Crippen LogP contribution in [0.3, 0.4) is 0 Å². The molecule has 1 aliphatic carbocycles. The van der Waals surface area contributed by atoms with E-state index < -0.39 is 0 Å². The highest BCUT2D eigenvalue weighted by atomic mass is 16.1. The molecule has 1 heterocycles. The van der Waals surface area contributed by atoms with Gasteiger partial charge in [-0.25, -0.2) is 4.98 Å². The number of aromatic amines is 1. The summed E-state index contributed by atoms with van der Waals surface area (Å²) in [6.07, 6.45) is 4.83. The van der Waals surface area contributed by atoms with Crippen molar-refractivity contribution in [1.29, 1.82) is 0 Å². The second kappa shape index (κ2) is 7.74. The van der Waals surface area contributed by atoms with Gasteiger partial charge in [0.2, 0.25) is 5.91 Å². The number of benzene rings is 2. The van der Waals surface area contributed by atoms with Crippen molar-refractivity contribution in [1.82, 2.24) is 15.3 Å². The van der Waals surface area contributed by atoms with Gasteiger partial charge >= 0.3 is 0 Å². The molecule has 0 fully saturated rings. The molecule has 0 unspecified atom stereocenters. The van der Waals surface area contributed by atoms with Gasteiger partial charge in [-0.3, -0.25) is 9.59 Å². The van der Waals surface area contributed by atoms with E-state index in [4.69, 9.17) is 0 Å². The molecule has 1 aromatic heterocycles. The van der Waals surface area contributed by atoms with Crippen LogP contribution in [0.25, 0.3) is 10.9 Å². The third kappa shape index (κ3) is 3.92. The van der Waals surface area contributed by atoms with Crippen molar-refractivity contribution in [2.24, 2.45) is 0 Å². The Hall–Kier alpha value is -2.95. The number of carbonyl (C=O) groups is 1. The molecular weight excluding hydrogens is 338 g/mol. The SMILES string of the molecule is O=C(CCCc1nc2ccccc2c(=O)[nH]1)N[C@H]1CCCc2ccccc21. The van der Waals surface area contributed by atoms with Crippen molar-refractivity contribution in [3.8, 4) is 0 Å². The summed E-state index contributed by atoms with van der Waals surface area (Å²) < 4.78 is 0. The first kappa shape index (κ1) is 17.5. The van der Waals surface area contributed by atoms with E-state index in [9.17, 15) is 9.59 Å². The summed E-state index contributed by atoms with van der Waals surface area (Å²) in [5.74, 6) is 0.689. The molecule has 0 bridgehead atoms. The van der Waals surface area contributed by atoms with E-state index in [0.717, 1.165) is 19.3 Å². The summed E-state index contributed by atoms with van der Waals surface area (Å²) in [5.41, 5.74) is 3.16. The highest BCUT2D eigenvalue weighted by Gasteiger charge is 2.21. The number of nitrogens with one attached hydrogen (secondary N) is 2. The van der Waals surface area contributed by atoms with Crippen LogP contribution in [0.5, 0.6) is 0 Å². The second-order valence-corrected chi connectivity index (χ2v) is 7.09. The van der Waals surface area contributed by atoms with Crippen molar-refractivity contribution >= 4 is 16.8 Å². The summed E-state index contributed by atoms with van der Waals surface area (Å²) in [4.78, 5) is 31.8. The number of para-hydroxylation sites is 1. The molecule has 1 aliphatic rings. The first-order valence-electron chi connectivity index (χ1n) is 9.56. The highest BCUT2D eigenvalue weighted by molar-refractivity contribution is 5.77. The summed E-state index contributed by atoms with van der Waals surface area (Å²) >= 11 is 0. The summed E-state index contributed by atoms with van der Waals surface area (Å²) in [7, 11) is 0. The molecule has 4 rings (SSSR count). The van der Waals surface area contributed by atoms with Crippen LogP contribution in [0.1, 0.15) is 48.7 Å². The van der Waals surface area contributed by atoms with E-state index in [0.29, 0.717) is 36.0 Å². The molecule has 2 aromatic carbocycles. The van der Waals surface area contributed by atoms with E-state index in [-0.39, 0.29) is 17.5 Å². The van der Waals surface area contributed by atoms with E-state index in [1.165, 1.54) is 11.1 Å². The Bertz CT molecular complexity index is 1030. The van der Waals surface area contributed by atoms with Gasteiger partial charge in [0, 0.05) is 12.8 Å². The maximum atomic E-state index is 12.4. The number of H-pyrrole nitrogens is 1. The first-order valence-corrected chi connectivity index (χ1v) is 9.56. The van der Waals surface area contributed by atoms with Gasteiger partial charge in [-0.1, -0.05) is 36.4 Å². The van der Waals surface area contributed by atoms with Crippen LogP contribution in [0, 0.1) is 0 Å². The largest absolute Gasteiger partial charge is 0.349 e. The fourth-order valence-electron chi connectivity index (χ4n) is 3.84. The van der Waals surface area contributed by atoms with E-state index >= 15 is 0 Å². The van der Waals surface area contributed by atoms with Crippen LogP contribution in [0.4, 0.5) is 0 Å². The lowest BCUT2D eigenvalue weighted by Crippen LogP contribution is -2.30. The topological polar surface area (TPSA) is 74.8 Å². The number of fused-ring (bicyclic) bond motifs is 2. The van der Waals surface area contributed by atoms with Crippen molar-refractivity contribution in [3.63, 3.8) is 0 Å². The fourth-order valence-corrected chi connectivity index (χ4v) is 3.84. The Morgan fingerprint density at radius 2 is 1.96 bits per heavy atom. The first-order chi connectivity index (χ1) is 13.2. The molecule has 0 saturated carbocycles. The quantitative estimate of drug-likeness (QED) is 0.731. The summed E-state index contributed by atoms with van der Waals surface area (Å²) in [6, 6.07) is 15.8. The molecule has 0 aliphatic heterocycles. The lowest BCUT2D eigenvalue weighted by Gasteiger charge is -2.26. The molecule has 1 amide bonds. The maximum absolute atomic E-state index is 12.4. The number of aromatic nitrogens is 2. The second-order valence-electron chi connectivity index (χ2n) is 7.09. The number of nitrogens with zero attached hydrogens (tertiary/aromatic N) is 1. The van der Waals surface area contributed by atoms with Crippen LogP contribution in [-0.4, -0.2) is 15.9 Å². The van der Waals surface area contributed by atoms with Crippen LogP contribution in [0.2, 0.25) is 0 Å². The zero-order valence-electron chi connectivity index (χ0n) is 15.2. The minimum Gasteiger partial charge on any atom is -0.349 e. The molecule has 2 N–H and O–H groups in total. The molecule has 5 nitrogen and oxygen atoms in total. The van der Waals surface area contributed by atoms with Crippen molar-refractivity contribution in [2.45, 2.75) is 44.6 Å². The Kier molecular flexibility index (Phi) is 5.01. The normalized spacial score (nSPS) is 16.1. The predicted molar refractivity (Wildman–Crippen MR) is 106 cm³/mol. The van der Waals surface area contributed by atoms with Gasteiger partial charge in [0.15, 0.2) is 0 Å². The standard InChI is InChI=1S/C22H23N3O2/c26-21(24-18-12-5-8-15-7-1-2-9-16(15)18)14-6-13-20-23-19-11-4-3-10-17(19)22(27)25-20/h1-4,7,9-11,18H,5-6,8,12-14H2,(H,24,26)(H,23,25,27)/t18-/m0/s1. The van der Waals surface area contributed by atoms with Crippen molar-refractivity contribution in [2.75, 3.05) is 0 Å². The van der Waals surface area contributed by atoms with Crippen LogP contribution in [0.15, 0.2) is 53.3 Å². The van der Waals surface area contributed by atoms with E-state index in [1.54, 1.807) is 6.07 Å². The van der Waals surface area contributed by atoms with Gasteiger partial charge in [-0.2, -0.15) is 0 Å². The van der Waals surface area contributed by atoms with Gasteiger partial charge in [-0.05, 0) is 48.9 Å². The molecule has 27 heavy (non-hydrogen) atoms. The predicted octanol–water partition coefficient (Wildman–Crippen LogP) is 3.44. The number of carbonyl (C=O) groups excluding carboxylic acids is 1. The molecule has 0 radical (unpaired) electrons. The fraction of sp³-hybridized carbons (Fsp3) is 0.318. The van der Waals surface area contributed by atoms with Crippen LogP contribution in [-0.2, 0) is 17.6 Å². The zero-order chi connectivity index (χ0) is 18.6. The highest BCUT2D eigenvalue weighted by Crippen LogP contribution is 2.29. The molecule has 3 aromatic rings. The van der Waals surface area contributed by atoms with Gasteiger partial charge in [0.05, 0.1) is 16.9 Å². The Morgan fingerprint density at radius 3 is 2.89 bits per heavy atom. The number of hydrogen-bond donors (Lipinski definition) is 2. The maximum Gasteiger partial charge on any atom is 0.258 e. The average molecular weight is 361 g/mol. The number of hydrogen-bond acceptors (Lipinski definition) is 3. The molecule has 0 saturated heterocycles.